The van der Waals surface area contributed by atoms with Gasteiger partial charge in [-0.1, -0.05) is 190 Å². The van der Waals surface area contributed by atoms with E-state index < -0.39 is 37.0 Å². The number of hydrogen-bond donors (Lipinski definition) is 2. The van der Waals surface area contributed by atoms with Crippen LogP contribution >= 0.6 is 0 Å². The maximum atomic E-state index is 12.8. The molecule has 0 radical (unpaired) electrons. The topological polar surface area (TPSA) is 77.0 Å². The second kappa shape index (κ2) is 16.7. The van der Waals surface area contributed by atoms with Crippen molar-refractivity contribution in [3.63, 3.8) is 0 Å². The predicted molar refractivity (Wildman–Crippen MR) is 239 cm³/mol. The third-order valence-electron chi connectivity index (χ3n) is 11.4. The minimum Gasteiger partial charge on any atom is -0.532 e. The van der Waals surface area contributed by atoms with Crippen molar-refractivity contribution in [2.45, 2.75) is 103 Å². The molecule has 5 rings (SSSR count). The largest absolute Gasteiger partial charge is 0.532 e. The van der Waals surface area contributed by atoms with Crippen LogP contribution in [0.1, 0.15) is 67.9 Å². The van der Waals surface area contributed by atoms with Gasteiger partial charge < -0.3 is 18.5 Å². The molecular formula is C47H61NO5Si3. The lowest BCUT2D eigenvalue weighted by Gasteiger charge is -2.45. The molecule has 0 aliphatic rings. The number of hydroxylamine groups is 1. The molecule has 0 amide bonds. The molecule has 1 atom stereocenters. The molecule has 2 N–H and O–H groups in total. The summed E-state index contributed by atoms with van der Waals surface area (Å²) in [6.45, 7) is 24.2. The van der Waals surface area contributed by atoms with Crippen LogP contribution in [0.3, 0.4) is 0 Å². The zero-order chi connectivity index (χ0) is 41.0. The number of carboxylic acids is 1. The first-order valence-electron chi connectivity index (χ1n) is 19.6. The lowest BCUT2D eigenvalue weighted by molar-refractivity contribution is -0.141. The van der Waals surface area contributed by atoms with Gasteiger partial charge in [-0.15, -0.1) is 0 Å². The predicted octanol–water partition coefficient (Wildman–Crippen LogP) is 9.09. The van der Waals surface area contributed by atoms with Crippen LogP contribution < -0.4 is 35.1 Å². The Hall–Kier alpha value is -4.26. The van der Waals surface area contributed by atoms with Gasteiger partial charge in [0.25, 0.3) is 0 Å². The number of aliphatic carboxylic acids is 1. The summed E-state index contributed by atoms with van der Waals surface area (Å²) in [5.41, 5.74) is 3.78. The first-order chi connectivity index (χ1) is 26.2. The van der Waals surface area contributed by atoms with Gasteiger partial charge in [0.1, 0.15) is 17.5 Å². The van der Waals surface area contributed by atoms with E-state index in [1.165, 1.54) is 0 Å². The molecule has 6 nitrogen and oxygen atoms in total. The fourth-order valence-corrected chi connectivity index (χ4v) is 16.9. The number of benzene rings is 5. The van der Waals surface area contributed by atoms with Gasteiger partial charge in [0.15, 0.2) is 0 Å². The van der Waals surface area contributed by atoms with Gasteiger partial charge in [0.05, 0.1) is 0 Å². The molecule has 0 aliphatic heterocycles. The normalized spacial score (nSPS) is 13.6. The zero-order valence-corrected chi connectivity index (χ0v) is 38.1. The molecule has 0 unspecified atom stereocenters. The molecule has 0 aromatic heterocycles. The van der Waals surface area contributed by atoms with Crippen molar-refractivity contribution < 1.29 is 23.3 Å². The Morgan fingerprint density at radius 3 is 1.23 bits per heavy atom. The standard InChI is InChI=1S/C47H61NO5Si3/c1-45(2,3)54(10,11)53-48-41(44(49)50)34-36-32-33-42(51-55(46(4,5)6,37-24-16-12-17-25-37)38-26-18-13-19-27-38)43(35-36)52-56(47(7,8)9,39-28-20-14-21-29-39)40-30-22-15-23-31-40/h12-33,35,41,48H,34H2,1-11H3,(H,49,50)/t41-/m0/s1. The van der Waals surface area contributed by atoms with Crippen molar-refractivity contribution >= 4 is 51.7 Å². The number of hydrogen-bond acceptors (Lipinski definition) is 5. The van der Waals surface area contributed by atoms with Crippen LogP contribution in [0.5, 0.6) is 11.5 Å². The van der Waals surface area contributed by atoms with Crippen LogP contribution in [-0.2, 0) is 15.7 Å². The van der Waals surface area contributed by atoms with Crippen LogP contribution in [-0.4, -0.2) is 42.1 Å². The lowest BCUT2D eigenvalue weighted by Crippen LogP contribution is -2.69. The van der Waals surface area contributed by atoms with Crippen molar-refractivity contribution in [2.75, 3.05) is 0 Å². The molecule has 0 heterocycles. The average molecular weight is 804 g/mol. The molecule has 56 heavy (non-hydrogen) atoms. The van der Waals surface area contributed by atoms with E-state index in [0.29, 0.717) is 11.5 Å². The highest BCUT2D eigenvalue weighted by Gasteiger charge is 2.55. The molecule has 0 spiro atoms. The molecule has 296 valence electrons. The van der Waals surface area contributed by atoms with Gasteiger partial charge in [0.2, 0.25) is 8.32 Å². The summed E-state index contributed by atoms with van der Waals surface area (Å²) in [6.07, 6.45) is 0.181. The second-order valence-corrected chi connectivity index (χ2v) is 31.6. The van der Waals surface area contributed by atoms with E-state index in [1.807, 2.05) is 42.5 Å². The Labute approximate surface area is 338 Å². The fourth-order valence-electron chi connectivity index (χ4n) is 7.26. The minimum atomic E-state index is -3.16. The van der Waals surface area contributed by atoms with E-state index in [0.717, 1.165) is 26.3 Å². The van der Waals surface area contributed by atoms with Crippen molar-refractivity contribution in [1.29, 1.82) is 0 Å². The Balaban J connectivity index is 1.76. The van der Waals surface area contributed by atoms with E-state index in [9.17, 15) is 9.90 Å². The molecular weight excluding hydrogens is 743 g/mol. The van der Waals surface area contributed by atoms with Crippen LogP contribution in [0.2, 0.25) is 28.2 Å². The quantitative estimate of drug-likeness (QED) is 0.0863. The van der Waals surface area contributed by atoms with E-state index in [-0.39, 0.29) is 21.5 Å². The first kappa shape index (κ1) is 42.9. The van der Waals surface area contributed by atoms with Gasteiger partial charge in [0, 0.05) is 6.42 Å². The Bertz CT molecular complexity index is 1960. The van der Waals surface area contributed by atoms with Gasteiger partial charge in [-0.3, -0.25) is 4.79 Å². The number of carboxylic acid groups (broad SMARTS) is 1. The maximum Gasteiger partial charge on any atom is 0.323 e. The van der Waals surface area contributed by atoms with E-state index in [2.05, 4.69) is 178 Å². The molecule has 5 aromatic carbocycles. The summed E-state index contributed by atoms with van der Waals surface area (Å²) in [5.74, 6) is 0.249. The smallest absolute Gasteiger partial charge is 0.323 e. The summed E-state index contributed by atoms with van der Waals surface area (Å²) in [7, 11) is -8.57. The summed E-state index contributed by atoms with van der Waals surface area (Å²) < 4.78 is 21.8. The average Bonchev–Trinajstić information content (AvgIpc) is 3.15. The third-order valence-corrected chi connectivity index (χ3v) is 25.5. The Kier molecular flexibility index (Phi) is 12.8. The summed E-state index contributed by atoms with van der Waals surface area (Å²) in [6, 6.07) is 47.3. The van der Waals surface area contributed by atoms with E-state index in [1.54, 1.807) is 0 Å². The fraction of sp³-hybridized carbons (Fsp3) is 0.340. The molecule has 9 heteroatoms. The molecule has 0 aliphatic carbocycles. The number of carbonyl (C=O) groups is 1. The monoisotopic (exact) mass is 803 g/mol. The second-order valence-electron chi connectivity index (χ2n) is 18.4. The molecule has 5 aromatic rings. The zero-order valence-electron chi connectivity index (χ0n) is 35.1. The van der Waals surface area contributed by atoms with Crippen LogP contribution in [0.25, 0.3) is 0 Å². The summed E-state index contributed by atoms with van der Waals surface area (Å²) in [4.78, 5) is 12.8. The lowest BCUT2D eigenvalue weighted by atomic mass is 10.1. The Morgan fingerprint density at radius 1 is 0.554 bits per heavy atom. The van der Waals surface area contributed by atoms with Crippen LogP contribution in [0.4, 0.5) is 0 Å². The summed E-state index contributed by atoms with van der Waals surface area (Å²) >= 11 is 0. The van der Waals surface area contributed by atoms with Crippen molar-refractivity contribution in [3.05, 3.63) is 145 Å². The highest BCUT2D eigenvalue weighted by molar-refractivity contribution is 7.01. The molecule has 0 bridgehead atoms. The van der Waals surface area contributed by atoms with Gasteiger partial charge in [-0.2, -0.15) is 5.48 Å². The first-order valence-corrected chi connectivity index (χ1v) is 26.3. The summed E-state index contributed by atoms with van der Waals surface area (Å²) in [5, 5.41) is 14.3. The highest BCUT2D eigenvalue weighted by atomic mass is 28.4. The van der Waals surface area contributed by atoms with Crippen molar-refractivity contribution in [1.82, 2.24) is 5.48 Å². The van der Waals surface area contributed by atoms with Crippen molar-refractivity contribution in [2.24, 2.45) is 0 Å². The van der Waals surface area contributed by atoms with Crippen LogP contribution in [0, 0.1) is 0 Å². The number of nitrogens with one attached hydrogen (secondary N) is 1. The van der Waals surface area contributed by atoms with E-state index >= 15 is 0 Å². The molecule has 0 fully saturated rings. The maximum absolute atomic E-state index is 12.8. The van der Waals surface area contributed by atoms with E-state index in [4.69, 9.17) is 13.4 Å². The van der Waals surface area contributed by atoms with Gasteiger partial charge in [-0.05, 0) is 66.7 Å². The minimum absolute atomic E-state index is 0.0974. The highest BCUT2D eigenvalue weighted by Crippen LogP contribution is 2.44. The van der Waals surface area contributed by atoms with Gasteiger partial charge >= 0.3 is 22.6 Å². The third kappa shape index (κ3) is 8.82. The number of rotatable bonds is 14. The molecule has 0 saturated carbocycles. The molecule has 0 saturated heterocycles. The SMILES string of the molecule is CC(C)(C)[Si](C)(C)ON[C@@H](Cc1ccc(O[Si](c2ccccc2)(c2ccccc2)C(C)(C)C)c(O[Si](c2ccccc2)(c2ccccc2)C(C)(C)C)c1)C(=O)O. The van der Waals surface area contributed by atoms with Crippen LogP contribution in [0.15, 0.2) is 140 Å². The van der Waals surface area contributed by atoms with Gasteiger partial charge in [-0.25, -0.2) is 0 Å². The Morgan fingerprint density at radius 2 is 0.911 bits per heavy atom. The van der Waals surface area contributed by atoms with Crippen molar-refractivity contribution in [3.8, 4) is 11.5 Å².